The van der Waals surface area contributed by atoms with E-state index in [4.69, 9.17) is 4.98 Å². The molecule has 1 N–H and O–H groups in total. The molecule has 0 bridgehead atoms. The zero-order valence-electron chi connectivity index (χ0n) is 13.3. The lowest BCUT2D eigenvalue weighted by Gasteiger charge is -2.31. The normalized spacial score (nSPS) is 24.9. The van der Waals surface area contributed by atoms with Gasteiger partial charge in [-0.15, -0.1) is 0 Å². The maximum Gasteiger partial charge on any atom is 0.160 e. The van der Waals surface area contributed by atoms with Crippen molar-refractivity contribution in [2.75, 3.05) is 33.2 Å². The van der Waals surface area contributed by atoms with Gasteiger partial charge >= 0.3 is 0 Å². The van der Waals surface area contributed by atoms with Gasteiger partial charge in [0.2, 0.25) is 0 Å². The minimum atomic E-state index is 0.503. The van der Waals surface area contributed by atoms with E-state index in [0.29, 0.717) is 12.0 Å². The first kappa shape index (κ1) is 14.2. The van der Waals surface area contributed by atoms with Crippen LogP contribution in [0.5, 0.6) is 0 Å². The summed E-state index contributed by atoms with van der Waals surface area (Å²) < 4.78 is 2.46. The van der Waals surface area contributed by atoms with Crippen LogP contribution < -0.4 is 5.32 Å². The number of hydrogen-bond acceptors (Lipinski definition) is 4. The maximum atomic E-state index is 4.99. The summed E-state index contributed by atoms with van der Waals surface area (Å²) in [5.74, 6) is 1.85. The zero-order valence-corrected chi connectivity index (χ0v) is 13.3. The molecule has 1 unspecified atom stereocenters. The second-order valence-corrected chi connectivity index (χ2v) is 6.76. The summed E-state index contributed by atoms with van der Waals surface area (Å²) in [6.07, 6.45) is 6.79. The van der Waals surface area contributed by atoms with Gasteiger partial charge in [0.05, 0.1) is 0 Å². The van der Waals surface area contributed by atoms with Gasteiger partial charge in [0.1, 0.15) is 11.3 Å². The van der Waals surface area contributed by atoms with Crippen LogP contribution in [0.4, 0.5) is 0 Å². The molecule has 0 saturated carbocycles. The highest BCUT2D eigenvalue weighted by Crippen LogP contribution is 2.33. The van der Waals surface area contributed by atoms with Gasteiger partial charge in [-0.2, -0.15) is 0 Å². The first-order valence-electron chi connectivity index (χ1n) is 8.55. The predicted octanol–water partition coefficient (Wildman–Crippen LogP) is 2.17. The molecule has 2 aliphatic heterocycles. The highest BCUT2D eigenvalue weighted by Gasteiger charge is 2.28. The standard InChI is InChI=1S/C17H25N5/c1-21-10-6-13(7-11-21)16-20-15-5-3-9-19-17(15)22(16)14-4-2-8-18-12-14/h3,5,9,13-14,18H,2,4,6-8,10-12H2,1H3. The van der Waals surface area contributed by atoms with Crippen LogP contribution in [0.2, 0.25) is 0 Å². The molecule has 2 fully saturated rings. The molecule has 0 radical (unpaired) electrons. The molecule has 5 nitrogen and oxygen atoms in total. The van der Waals surface area contributed by atoms with E-state index in [1.807, 2.05) is 12.3 Å². The number of aromatic nitrogens is 3. The molecule has 5 heteroatoms. The van der Waals surface area contributed by atoms with E-state index in [-0.39, 0.29) is 0 Å². The van der Waals surface area contributed by atoms with Gasteiger partial charge in [-0.1, -0.05) is 0 Å². The van der Waals surface area contributed by atoms with Gasteiger partial charge in [-0.05, 0) is 64.5 Å². The first-order valence-corrected chi connectivity index (χ1v) is 8.55. The molecule has 4 heterocycles. The fourth-order valence-corrected chi connectivity index (χ4v) is 3.92. The van der Waals surface area contributed by atoms with Crippen LogP contribution >= 0.6 is 0 Å². The SMILES string of the molecule is CN1CCC(c2nc3cccnc3n2C2CCCNC2)CC1. The molecular formula is C17H25N5. The lowest BCUT2D eigenvalue weighted by Crippen LogP contribution is -2.34. The van der Waals surface area contributed by atoms with Crippen molar-refractivity contribution in [1.82, 2.24) is 24.8 Å². The molecule has 0 amide bonds. The Balaban J connectivity index is 1.75. The van der Waals surface area contributed by atoms with Crippen molar-refractivity contribution in [3.05, 3.63) is 24.2 Å². The van der Waals surface area contributed by atoms with Gasteiger partial charge in [0, 0.05) is 24.7 Å². The maximum absolute atomic E-state index is 4.99. The molecule has 0 aromatic carbocycles. The molecule has 4 rings (SSSR count). The van der Waals surface area contributed by atoms with Gasteiger partial charge in [-0.25, -0.2) is 9.97 Å². The summed E-state index contributed by atoms with van der Waals surface area (Å²) >= 11 is 0. The lowest BCUT2D eigenvalue weighted by atomic mass is 9.95. The van der Waals surface area contributed by atoms with Crippen molar-refractivity contribution in [3.8, 4) is 0 Å². The van der Waals surface area contributed by atoms with Crippen LogP contribution in [0.1, 0.15) is 43.5 Å². The number of hydrogen-bond donors (Lipinski definition) is 1. The smallest absolute Gasteiger partial charge is 0.160 e. The topological polar surface area (TPSA) is 46.0 Å². The largest absolute Gasteiger partial charge is 0.315 e. The molecular weight excluding hydrogens is 274 g/mol. The van der Waals surface area contributed by atoms with Crippen molar-refractivity contribution >= 4 is 11.2 Å². The number of pyridine rings is 1. The van der Waals surface area contributed by atoms with E-state index >= 15 is 0 Å². The number of likely N-dealkylation sites (tertiary alicyclic amines) is 1. The minimum Gasteiger partial charge on any atom is -0.315 e. The van der Waals surface area contributed by atoms with Gasteiger partial charge < -0.3 is 14.8 Å². The summed E-state index contributed by atoms with van der Waals surface area (Å²) in [7, 11) is 2.21. The van der Waals surface area contributed by atoms with E-state index in [1.165, 1.54) is 44.6 Å². The van der Waals surface area contributed by atoms with Crippen LogP contribution in [0.25, 0.3) is 11.2 Å². The Bertz CT molecular complexity index is 636. The number of rotatable bonds is 2. The van der Waals surface area contributed by atoms with Crippen molar-refractivity contribution in [2.45, 2.75) is 37.6 Å². The number of fused-ring (bicyclic) bond motifs is 1. The van der Waals surface area contributed by atoms with Gasteiger partial charge in [0.25, 0.3) is 0 Å². The molecule has 2 saturated heterocycles. The second kappa shape index (κ2) is 5.97. The van der Waals surface area contributed by atoms with Crippen LogP contribution in [0.15, 0.2) is 18.3 Å². The Morgan fingerprint density at radius 3 is 2.86 bits per heavy atom. The van der Waals surface area contributed by atoms with E-state index in [2.05, 4.69) is 32.9 Å². The quantitative estimate of drug-likeness (QED) is 0.923. The van der Waals surface area contributed by atoms with Crippen molar-refractivity contribution in [1.29, 1.82) is 0 Å². The third-order valence-electron chi connectivity index (χ3n) is 5.20. The van der Waals surface area contributed by atoms with Crippen molar-refractivity contribution in [3.63, 3.8) is 0 Å². The molecule has 22 heavy (non-hydrogen) atoms. The number of nitrogens with zero attached hydrogens (tertiary/aromatic N) is 4. The summed E-state index contributed by atoms with van der Waals surface area (Å²) in [5, 5.41) is 3.54. The highest BCUT2D eigenvalue weighted by atomic mass is 15.2. The first-order chi connectivity index (χ1) is 10.8. The third-order valence-corrected chi connectivity index (χ3v) is 5.20. The fourth-order valence-electron chi connectivity index (χ4n) is 3.92. The Morgan fingerprint density at radius 2 is 2.09 bits per heavy atom. The summed E-state index contributed by atoms with van der Waals surface area (Å²) in [6.45, 7) is 4.52. The van der Waals surface area contributed by atoms with Crippen molar-refractivity contribution < 1.29 is 0 Å². The summed E-state index contributed by atoms with van der Waals surface area (Å²) in [5.41, 5.74) is 2.13. The number of nitrogens with one attached hydrogen (secondary N) is 1. The van der Waals surface area contributed by atoms with Crippen LogP contribution in [0.3, 0.4) is 0 Å². The number of piperidine rings is 2. The Kier molecular flexibility index (Phi) is 3.84. The van der Waals surface area contributed by atoms with Gasteiger partial charge in [0.15, 0.2) is 5.65 Å². The molecule has 0 spiro atoms. The van der Waals surface area contributed by atoms with E-state index in [0.717, 1.165) is 24.3 Å². The van der Waals surface area contributed by atoms with E-state index < -0.39 is 0 Å². The van der Waals surface area contributed by atoms with Crippen molar-refractivity contribution in [2.24, 2.45) is 0 Å². The van der Waals surface area contributed by atoms with Gasteiger partial charge in [-0.3, -0.25) is 0 Å². The molecule has 0 aliphatic carbocycles. The Morgan fingerprint density at radius 1 is 1.23 bits per heavy atom. The Labute approximate surface area is 131 Å². The second-order valence-electron chi connectivity index (χ2n) is 6.76. The molecule has 2 aromatic rings. The summed E-state index contributed by atoms with van der Waals surface area (Å²) in [4.78, 5) is 12.1. The average molecular weight is 299 g/mol. The Hall–Kier alpha value is -1.46. The van der Waals surface area contributed by atoms with E-state index in [9.17, 15) is 0 Å². The highest BCUT2D eigenvalue weighted by molar-refractivity contribution is 5.71. The minimum absolute atomic E-state index is 0.503. The van der Waals surface area contributed by atoms with E-state index in [1.54, 1.807) is 0 Å². The summed E-state index contributed by atoms with van der Waals surface area (Å²) in [6, 6.07) is 4.61. The van der Waals surface area contributed by atoms with Crippen LogP contribution in [-0.4, -0.2) is 52.7 Å². The third kappa shape index (κ3) is 2.52. The fraction of sp³-hybridized carbons (Fsp3) is 0.647. The predicted molar refractivity (Wildman–Crippen MR) is 88.1 cm³/mol. The number of imidazole rings is 1. The molecule has 2 aliphatic rings. The van der Waals surface area contributed by atoms with Crippen LogP contribution in [0, 0.1) is 0 Å². The zero-order chi connectivity index (χ0) is 14.9. The average Bonchev–Trinajstić information content (AvgIpc) is 2.96. The monoisotopic (exact) mass is 299 g/mol. The molecule has 1 atom stereocenters. The lowest BCUT2D eigenvalue weighted by molar-refractivity contribution is 0.244. The van der Waals surface area contributed by atoms with Crippen LogP contribution in [-0.2, 0) is 0 Å². The molecule has 118 valence electrons. The molecule has 2 aromatic heterocycles.